The van der Waals surface area contributed by atoms with Gasteiger partial charge in [0.2, 0.25) is 0 Å². The van der Waals surface area contributed by atoms with E-state index in [1.165, 1.54) is 24.2 Å². The van der Waals surface area contributed by atoms with Gasteiger partial charge in [-0.1, -0.05) is 23.1 Å². The predicted molar refractivity (Wildman–Crippen MR) is 102 cm³/mol. The van der Waals surface area contributed by atoms with Gasteiger partial charge in [-0.2, -0.15) is 5.26 Å². The minimum absolute atomic E-state index is 0.0108. The second-order valence-corrected chi connectivity index (χ2v) is 9.24. The van der Waals surface area contributed by atoms with Crippen molar-refractivity contribution in [2.24, 2.45) is 5.92 Å². The number of piperidine rings is 3. The third-order valence-corrected chi connectivity index (χ3v) is 7.40. The summed E-state index contributed by atoms with van der Waals surface area (Å²) in [6, 6.07) is 10.4. The lowest BCUT2D eigenvalue weighted by Gasteiger charge is -2.49. The van der Waals surface area contributed by atoms with Crippen LogP contribution >= 0.6 is 23.1 Å². The molecule has 1 aromatic carbocycles. The van der Waals surface area contributed by atoms with Crippen LogP contribution in [0.25, 0.3) is 0 Å². The summed E-state index contributed by atoms with van der Waals surface area (Å²) < 4.78 is 0.972. The van der Waals surface area contributed by atoms with Crippen molar-refractivity contribution >= 4 is 29.0 Å². The van der Waals surface area contributed by atoms with E-state index in [2.05, 4.69) is 22.1 Å². The summed E-state index contributed by atoms with van der Waals surface area (Å²) in [7, 11) is 0. The van der Waals surface area contributed by atoms with Crippen LogP contribution in [0.2, 0.25) is 0 Å². The van der Waals surface area contributed by atoms with E-state index in [9.17, 15) is 4.79 Å². The van der Waals surface area contributed by atoms with Crippen LogP contribution in [0.15, 0.2) is 39.6 Å². The van der Waals surface area contributed by atoms with Crippen molar-refractivity contribution in [3.8, 4) is 6.07 Å². The molecular weight excluding hydrogens is 364 g/mol. The summed E-state index contributed by atoms with van der Waals surface area (Å²) in [5.41, 5.74) is 0.694. The first-order chi connectivity index (χ1) is 12.6. The summed E-state index contributed by atoms with van der Waals surface area (Å²) in [6.45, 7) is 4.55. The number of amides is 1. The molecule has 3 saturated heterocycles. The van der Waals surface area contributed by atoms with Crippen molar-refractivity contribution in [2.75, 3.05) is 13.1 Å². The zero-order valence-corrected chi connectivity index (χ0v) is 16.1. The monoisotopic (exact) mass is 384 g/mol. The van der Waals surface area contributed by atoms with Crippen LogP contribution in [-0.4, -0.2) is 41.0 Å². The molecular formula is C19H20N4OS2. The molecule has 0 saturated carbocycles. The van der Waals surface area contributed by atoms with Crippen molar-refractivity contribution in [1.29, 1.82) is 5.26 Å². The number of carbonyl (C=O) groups excluding carboxylic acids is 1. The van der Waals surface area contributed by atoms with Crippen LogP contribution in [0.1, 0.15) is 35.1 Å². The number of rotatable bonds is 4. The van der Waals surface area contributed by atoms with Gasteiger partial charge in [0.15, 0.2) is 5.01 Å². The van der Waals surface area contributed by atoms with Crippen molar-refractivity contribution in [1.82, 2.24) is 15.2 Å². The third kappa shape index (κ3) is 3.50. The topological polar surface area (TPSA) is 69.0 Å². The Labute approximate surface area is 161 Å². The highest BCUT2D eigenvalue weighted by Crippen LogP contribution is 2.33. The molecule has 7 heteroatoms. The van der Waals surface area contributed by atoms with Gasteiger partial charge in [0.1, 0.15) is 6.07 Å². The Hall–Kier alpha value is -1.88. The van der Waals surface area contributed by atoms with Crippen LogP contribution in [0.4, 0.5) is 0 Å². The molecule has 0 aliphatic carbocycles. The number of benzene rings is 1. The number of nitrogens with one attached hydrogen (secondary N) is 1. The van der Waals surface area contributed by atoms with E-state index < -0.39 is 0 Å². The van der Waals surface area contributed by atoms with Crippen molar-refractivity contribution in [3.63, 3.8) is 0 Å². The maximum atomic E-state index is 12.7. The maximum absolute atomic E-state index is 12.7. The van der Waals surface area contributed by atoms with Crippen LogP contribution < -0.4 is 5.32 Å². The fraction of sp³-hybridized carbons (Fsp3) is 0.421. The van der Waals surface area contributed by atoms with E-state index in [0.29, 0.717) is 22.5 Å². The summed E-state index contributed by atoms with van der Waals surface area (Å²) in [5.74, 6) is 0.617. The second kappa shape index (κ2) is 7.39. The highest BCUT2D eigenvalue weighted by Gasteiger charge is 2.40. The van der Waals surface area contributed by atoms with Gasteiger partial charge in [0, 0.05) is 22.5 Å². The third-order valence-electron chi connectivity index (χ3n) is 5.39. The highest BCUT2D eigenvalue weighted by atomic mass is 32.2. The number of carbonyl (C=O) groups is 1. The molecule has 1 aromatic heterocycles. The van der Waals surface area contributed by atoms with Crippen LogP contribution in [0.5, 0.6) is 0 Å². The molecule has 0 spiro atoms. The molecule has 4 heterocycles. The summed E-state index contributed by atoms with van der Waals surface area (Å²) >= 11 is 2.93. The Kier molecular flexibility index (Phi) is 4.98. The van der Waals surface area contributed by atoms with Crippen molar-refractivity contribution < 1.29 is 4.79 Å². The highest BCUT2D eigenvalue weighted by molar-refractivity contribution is 8.01. The zero-order chi connectivity index (χ0) is 18.1. The lowest BCUT2D eigenvalue weighted by atomic mass is 9.79. The molecule has 134 valence electrons. The zero-order valence-electron chi connectivity index (χ0n) is 14.5. The summed E-state index contributed by atoms with van der Waals surface area (Å²) in [5, 5.41) is 12.6. The molecule has 2 aromatic rings. The molecule has 1 amide bonds. The molecule has 5 nitrogen and oxygen atoms in total. The van der Waals surface area contributed by atoms with E-state index in [-0.39, 0.29) is 11.9 Å². The Morgan fingerprint density at radius 2 is 2.08 bits per heavy atom. The number of hydrogen-bond donors (Lipinski definition) is 1. The van der Waals surface area contributed by atoms with Crippen LogP contribution in [-0.2, 0) is 0 Å². The van der Waals surface area contributed by atoms with Gasteiger partial charge in [-0.25, -0.2) is 4.98 Å². The number of nitriles is 1. The lowest BCUT2D eigenvalue weighted by molar-refractivity contribution is 0.0217. The minimum atomic E-state index is 0.0108. The Morgan fingerprint density at radius 1 is 1.35 bits per heavy atom. The number of nitrogens with zero attached hydrogens (tertiary/aromatic N) is 3. The van der Waals surface area contributed by atoms with Gasteiger partial charge >= 0.3 is 0 Å². The van der Waals surface area contributed by atoms with Gasteiger partial charge in [-0.3, -0.25) is 9.69 Å². The summed E-state index contributed by atoms with van der Waals surface area (Å²) in [6.07, 6.45) is 4.08. The van der Waals surface area contributed by atoms with Crippen molar-refractivity contribution in [2.45, 2.75) is 41.0 Å². The van der Waals surface area contributed by atoms with E-state index >= 15 is 0 Å². The Balaban J connectivity index is 1.40. The fourth-order valence-corrected chi connectivity index (χ4v) is 5.68. The predicted octanol–water partition coefficient (Wildman–Crippen LogP) is 3.38. The van der Waals surface area contributed by atoms with Crippen LogP contribution in [0.3, 0.4) is 0 Å². The van der Waals surface area contributed by atoms with E-state index in [1.54, 1.807) is 18.0 Å². The molecule has 3 aliphatic heterocycles. The average molecular weight is 385 g/mol. The molecule has 2 bridgehead atoms. The van der Waals surface area contributed by atoms with E-state index in [0.717, 1.165) is 22.2 Å². The fourth-order valence-electron chi connectivity index (χ4n) is 3.93. The number of aromatic nitrogens is 1. The first-order valence-corrected chi connectivity index (χ1v) is 10.5. The number of fused-ring (bicyclic) bond motifs is 3. The molecule has 26 heavy (non-hydrogen) atoms. The van der Waals surface area contributed by atoms with Gasteiger partial charge in [-0.05, 0) is 63.0 Å². The average Bonchev–Trinajstić information content (AvgIpc) is 3.13. The largest absolute Gasteiger partial charge is 0.347 e. The molecule has 5 rings (SSSR count). The molecule has 3 fully saturated rings. The molecule has 2 unspecified atom stereocenters. The minimum Gasteiger partial charge on any atom is -0.347 e. The second-order valence-electron chi connectivity index (χ2n) is 6.84. The van der Waals surface area contributed by atoms with Gasteiger partial charge < -0.3 is 5.32 Å². The van der Waals surface area contributed by atoms with E-state index in [1.807, 2.05) is 30.3 Å². The number of hydrogen-bond acceptors (Lipinski definition) is 6. The first-order valence-electron chi connectivity index (χ1n) is 8.83. The smallest absolute Gasteiger partial charge is 0.251 e. The maximum Gasteiger partial charge on any atom is 0.251 e. The molecule has 1 N–H and O–H groups in total. The lowest BCUT2D eigenvalue weighted by Crippen LogP contribution is -2.62. The Bertz CT molecular complexity index is 832. The van der Waals surface area contributed by atoms with Gasteiger partial charge in [-0.15, -0.1) is 0 Å². The normalized spacial score (nSPS) is 27.1. The van der Waals surface area contributed by atoms with E-state index in [4.69, 9.17) is 5.26 Å². The standard InChI is InChI=1S/C19H20N4OS2/c1-12-18(13-6-8-23(12)9-7-13)22-19(24)14-2-4-15(5-3-14)25-17-11-21-16(10-20)26-17/h2-5,11-13,18H,6-9H2,1H3,(H,22,24). The van der Waals surface area contributed by atoms with Crippen molar-refractivity contribution in [3.05, 3.63) is 41.0 Å². The molecule has 3 aliphatic rings. The molecule has 2 atom stereocenters. The van der Waals surface area contributed by atoms with Gasteiger partial charge in [0.25, 0.3) is 5.91 Å². The number of thiazole rings is 1. The van der Waals surface area contributed by atoms with Crippen LogP contribution in [0, 0.1) is 17.2 Å². The first kappa shape index (κ1) is 17.5. The quantitative estimate of drug-likeness (QED) is 0.875. The Morgan fingerprint density at radius 3 is 2.69 bits per heavy atom. The summed E-state index contributed by atoms with van der Waals surface area (Å²) in [4.78, 5) is 20.2. The molecule has 0 radical (unpaired) electrons. The van der Waals surface area contributed by atoms with Gasteiger partial charge in [0.05, 0.1) is 10.4 Å². The SMILES string of the molecule is CC1C(NC(=O)c2ccc(Sc3cnc(C#N)s3)cc2)C2CCN1CC2.